The number of nitrogens with zero attached hydrogens (tertiary/aromatic N) is 4. The zero-order valence-corrected chi connectivity index (χ0v) is 10.6. The number of aromatic nitrogens is 5. The van der Waals surface area contributed by atoms with Crippen molar-refractivity contribution in [3.63, 3.8) is 0 Å². The highest BCUT2D eigenvalue weighted by Gasteiger charge is 2.15. The third-order valence-corrected chi connectivity index (χ3v) is 2.74. The van der Waals surface area contributed by atoms with E-state index in [1.54, 1.807) is 0 Å². The average Bonchev–Trinajstić information content (AvgIpc) is 2.88. The van der Waals surface area contributed by atoms with Crippen molar-refractivity contribution >= 4 is 34.6 Å². The minimum absolute atomic E-state index is 0.0235. The molecule has 0 radical (unpaired) electrons. The van der Waals surface area contributed by atoms with E-state index in [0.29, 0.717) is 11.2 Å². The van der Waals surface area contributed by atoms with Gasteiger partial charge >= 0.3 is 0 Å². The number of halogens is 1. The van der Waals surface area contributed by atoms with E-state index in [9.17, 15) is 9.90 Å². The quantitative estimate of drug-likeness (QED) is 0.614. The Bertz CT molecular complexity index is 802. The lowest BCUT2D eigenvalue weighted by Gasteiger charge is -2.04. The number of rotatable bonds is 2. The topological polar surface area (TPSA) is 117 Å². The van der Waals surface area contributed by atoms with Gasteiger partial charge in [0.15, 0.2) is 16.5 Å². The molecule has 3 heterocycles. The Labute approximate surface area is 116 Å². The summed E-state index contributed by atoms with van der Waals surface area (Å²) in [5.74, 6) is -0.907. The van der Waals surface area contributed by atoms with Gasteiger partial charge in [0, 0.05) is 6.20 Å². The molecule has 8 nitrogen and oxygen atoms in total. The summed E-state index contributed by atoms with van der Waals surface area (Å²) < 4.78 is 0. The molecule has 0 aliphatic carbocycles. The van der Waals surface area contributed by atoms with Gasteiger partial charge in [-0.3, -0.25) is 10.1 Å². The summed E-state index contributed by atoms with van der Waals surface area (Å²) >= 11 is 5.93. The van der Waals surface area contributed by atoms with Crippen LogP contribution < -0.4 is 5.32 Å². The monoisotopic (exact) mass is 290 g/mol. The van der Waals surface area contributed by atoms with E-state index in [1.165, 1.54) is 24.7 Å². The third kappa shape index (κ3) is 2.12. The van der Waals surface area contributed by atoms with Crippen molar-refractivity contribution in [2.45, 2.75) is 0 Å². The van der Waals surface area contributed by atoms with Gasteiger partial charge in [-0.25, -0.2) is 9.97 Å². The Balaban J connectivity index is 1.93. The standard InChI is InChI=1S/C11H7ClN6O2/c12-8-7-9(15-4-14-7)17-11(16-8)18-10(20)6-5(19)2-1-3-13-6/h1-4,19H,(H2,14,15,16,17,18,20). The van der Waals surface area contributed by atoms with E-state index in [-0.39, 0.29) is 22.5 Å². The average molecular weight is 291 g/mol. The van der Waals surface area contributed by atoms with Gasteiger partial charge in [0.1, 0.15) is 11.3 Å². The van der Waals surface area contributed by atoms with Crippen LogP contribution in [0.25, 0.3) is 11.2 Å². The molecular weight excluding hydrogens is 284 g/mol. The summed E-state index contributed by atoms with van der Waals surface area (Å²) in [7, 11) is 0. The van der Waals surface area contributed by atoms with Crippen LogP contribution in [-0.4, -0.2) is 35.9 Å². The van der Waals surface area contributed by atoms with Gasteiger partial charge in [-0.1, -0.05) is 11.6 Å². The van der Waals surface area contributed by atoms with E-state index in [0.717, 1.165) is 0 Å². The van der Waals surface area contributed by atoms with Gasteiger partial charge < -0.3 is 10.1 Å². The van der Waals surface area contributed by atoms with Crippen LogP contribution in [0, 0.1) is 0 Å². The molecule has 0 aliphatic heterocycles. The molecule has 3 rings (SSSR count). The van der Waals surface area contributed by atoms with Gasteiger partial charge in [-0.2, -0.15) is 9.97 Å². The van der Waals surface area contributed by atoms with E-state index >= 15 is 0 Å². The second-order valence-corrected chi connectivity index (χ2v) is 4.12. The number of fused-ring (bicyclic) bond motifs is 1. The number of imidazole rings is 1. The second-order valence-electron chi connectivity index (χ2n) is 3.76. The number of pyridine rings is 1. The molecule has 3 aromatic rings. The van der Waals surface area contributed by atoms with Gasteiger partial charge in [0.05, 0.1) is 6.33 Å². The lowest BCUT2D eigenvalue weighted by atomic mass is 10.3. The highest BCUT2D eigenvalue weighted by molar-refractivity contribution is 6.33. The van der Waals surface area contributed by atoms with Crippen LogP contribution in [0.5, 0.6) is 5.75 Å². The van der Waals surface area contributed by atoms with Crippen molar-refractivity contribution < 1.29 is 9.90 Å². The van der Waals surface area contributed by atoms with Crippen LogP contribution in [0.3, 0.4) is 0 Å². The lowest BCUT2D eigenvalue weighted by molar-refractivity contribution is 0.101. The lowest BCUT2D eigenvalue weighted by Crippen LogP contribution is -2.16. The number of carbonyl (C=O) groups is 1. The second kappa shape index (κ2) is 4.74. The molecule has 0 saturated heterocycles. The fraction of sp³-hybridized carbons (Fsp3) is 0. The van der Waals surface area contributed by atoms with Crippen molar-refractivity contribution in [2.24, 2.45) is 0 Å². The minimum atomic E-state index is -0.644. The normalized spacial score (nSPS) is 10.7. The molecule has 0 unspecified atom stereocenters. The number of hydrogen-bond acceptors (Lipinski definition) is 6. The molecule has 100 valence electrons. The molecular formula is C11H7ClN6O2. The fourth-order valence-electron chi connectivity index (χ4n) is 1.59. The molecule has 3 aromatic heterocycles. The first kappa shape index (κ1) is 12.3. The van der Waals surface area contributed by atoms with Crippen LogP contribution >= 0.6 is 11.6 Å². The van der Waals surface area contributed by atoms with E-state index in [2.05, 4.69) is 30.2 Å². The Morgan fingerprint density at radius 1 is 1.35 bits per heavy atom. The molecule has 0 aliphatic rings. The number of carbonyl (C=O) groups excluding carboxylic acids is 1. The number of nitrogens with one attached hydrogen (secondary N) is 2. The number of anilines is 1. The Kier molecular flexibility index (Phi) is 2.92. The Morgan fingerprint density at radius 2 is 2.20 bits per heavy atom. The zero-order chi connectivity index (χ0) is 14.1. The Hall–Kier alpha value is -2.74. The molecule has 0 saturated carbocycles. The number of aromatic amines is 1. The van der Waals surface area contributed by atoms with Gasteiger partial charge in [-0.05, 0) is 12.1 Å². The minimum Gasteiger partial charge on any atom is -0.505 e. The molecule has 0 bridgehead atoms. The summed E-state index contributed by atoms with van der Waals surface area (Å²) in [5, 5.41) is 12.1. The molecule has 9 heteroatoms. The molecule has 0 spiro atoms. The van der Waals surface area contributed by atoms with Crippen molar-refractivity contribution in [1.82, 2.24) is 24.9 Å². The molecule has 20 heavy (non-hydrogen) atoms. The molecule has 1 amide bonds. The maximum absolute atomic E-state index is 11.9. The molecule has 3 N–H and O–H groups in total. The van der Waals surface area contributed by atoms with Crippen molar-refractivity contribution in [2.75, 3.05) is 5.32 Å². The SMILES string of the molecule is O=C(Nc1nc(Cl)c2[nH]cnc2n1)c1ncccc1O. The maximum Gasteiger partial charge on any atom is 0.280 e. The maximum atomic E-state index is 11.9. The van der Waals surface area contributed by atoms with E-state index < -0.39 is 5.91 Å². The highest BCUT2D eigenvalue weighted by atomic mass is 35.5. The predicted molar refractivity (Wildman–Crippen MR) is 70.5 cm³/mol. The first-order valence-corrected chi connectivity index (χ1v) is 5.85. The van der Waals surface area contributed by atoms with Crippen LogP contribution in [0.15, 0.2) is 24.7 Å². The zero-order valence-electron chi connectivity index (χ0n) is 9.83. The predicted octanol–water partition coefficient (Wildman–Crippen LogP) is 1.36. The summed E-state index contributed by atoms with van der Waals surface area (Å²) in [6, 6.07) is 2.86. The smallest absolute Gasteiger partial charge is 0.280 e. The summed E-state index contributed by atoms with van der Waals surface area (Å²) in [6.45, 7) is 0. The fourth-order valence-corrected chi connectivity index (χ4v) is 1.81. The van der Waals surface area contributed by atoms with Crippen LogP contribution in [0.1, 0.15) is 10.5 Å². The molecule has 0 aromatic carbocycles. The van der Waals surface area contributed by atoms with Crippen molar-refractivity contribution in [3.8, 4) is 5.75 Å². The van der Waals surface area contributed by atoms with Gasteiger partial charge in [-0.15, -0.1) is 0 Å². The summed E-state index contributed by atoms with van der Waals surface area (Å²) in [4.78, 5) is 30.3. The number of hydrogen-bond donors (Lipinski definition) is 3. The summed E-state index contributed by atoms with van der Waals surface area (Å²) in [6.07, 6.45) is 2.81. The van der Waals surface area contributed by atoms with Crippen molar-refractivity contribution in [3.05, 3.63) is 35.5 Å². The van der Waals surface area contributed by atoms with E-state index in [1.807, 2.05) is 0 Å². The number of aromatic hydroxyl groups is 1. The van der Waals surface area contributed by atoms with Gasteiger partial charge in [0.25, 0.3) is 5.91 Å². The van der Waals surface area contributed by atoms with Crippen LogP contribution in [0.2, 0.25) is 5.15 Å². The number of H-pyrrole nitrogens is 1. The van der Waals surface area contributed by atoms with Gasteiger partial charge in [0.2, 0.25) is 5.95 Å². The molecule has 0 atom stereocenters. The van der Waals surface area contributed by atoms with Crippen molar-refractivity contribution in [1.29, 1.82) is 0 Å². The summed E-state index contributed by atoms with van der Waals surface area (Å²) in [5.41, 5.74) is 0.672. The molecule has 0 fully saturated rings. The Morgan fingerprint density at radius 3 is 3.00 bits per heavy atom. The number of amides is 1. The largest absolute Gasteiger partial charge is 0.505 e. The first-order chi connectivity index (χ1) is 9.65. The van der Waals surface area contributed by atoms with Crippen LogP contribution in [-0.2, 0) is 0 Å². The van der Waals surface area contributed by atoms with Crippen LogP contribution in [0.4, 0.5) is 5.95 Å². The first-order valence-electron chi connectivity index (χ1n) is 5.47. The highest BCUT2D eigenvalue weighted by Crippen LogP contribution is 2.19. The van der Waals surface area contributed by atoms with E-state index in [4.69, 9.17) is 11.6 Å². The third-order valence-electron chi connectivity index (χ3n) is 2.47.